The lowest BCUT2D eigenvalue weighted by Gasteiger charge is -2.50. The Bertz CT molecular complexity index is 2720. The van der Waals surface area contributed by atoms with E-state index in [-0.39, 0.29) is 12.8 Å². The van der Waals surface area contributed by atoms with Gasteiger partial charge in [0, 0.05) is 0 Å². The third-order valence-corrected chi connectivity index (χ3v) is 21.1. The van der Waals surface area contributed by atoms with Crippen molar-refractivity contribution in [1.82, 2.24) is 0 Å². The maximum atomic E-state index is 14.0. The first-order valence-corrected chi connectivity index (χ1v) is 37.7. The fourth-order valence-corrected chi connectivity index (χ4v) is 13.0. The van der Waals surface area contributed by atoms with Crippen molar-refractivity contribution in [1.29, 1.82) is 0 Å². The highest BCUT2D eigenvalue weighted by molar-refractivity contribution is 5.76. The van der Waals surface area contributed by atoms with Crippen LogP contribution in [-0.2, 0) is 104 Å². The van der Waals surface area contributed by atoms with Gasteiger partial charge in [0.05, 0.1) is 99.2 Å². The van der Waals surface area contributed by atoms with Crippen molar-refractivity contribution in [2.45, 2.75) is 375 Å². The fraction of sp³-hybridized carbons (Fsp3) is 0.930. The van der Waals surface area contributed by atoms with Gasteiger partial charge in [-0.25, -0.2) is 0 Å². The van der Waals surface area contributed by atoms with Crippen molar-refractivity contribution in [2.24, 2.45) is 23.7 Å². The van der Waals surface area contributed by atoms with E-state index in [0.29, 0.717) is 51.4 Å². The molecule has 15 N–H and O–H groups in total. The molecule has 37 heteroatoms. The number of unbranched alkanes of at least 4 members (excludes halogenated alkanes) is 4. The minimum Gasteiger partial charge on any atom is -0.469 e. The predicted molar refractivity (Wildman–Crippen MR) is 364 cm³/mol. The summed E-state index contributed by atoms with van der Waals surface area (Å²) in [6.07, 6.45) is -53.5. The molecule has 0 bridgehead atoms. The average molecular weight is 1570 g/mol. The van der Waals surface area contributed by atoms with Crippen LogP contribution in [0.25, 0.3) is 0 Å². The molecule has 0 unspecified atom stereocenters. The first-order chi connectivity index (χ1) is 50.8. The van der Waals surface area contributed by atoms with Gasteiger partial charge in [-0.1, -0.05) is 59.3 Å². The van der Waals surface area contributed by atoms with Gasteiger partial charge in [0.25, 0.3) is 0 Å². The van der Waals surface area contributed by atoms with Gasteiger partial charge in [-0.2, -0.15) is 0 Å². The van der Waals surface area contributed by atoms with Crippen molar-refractivity contribution in [2.75, 3.05) is 20.3 Å². The number of aliphatic hydroxyl groups is 15. The highest BCUT2D eigenvalue weighted by atomic mass is 16.8. The van der Waals surface area contributed by atoms with Gasteiger partial charge in [-0.15, -0.1) is 0 Å². The second-order valence-corrected chi connectivity index (χ2v) is 29.6. The van der Waals surface area contributed by atoms with E-state index >= 15 is 0 Å². The van der Waals surface area contributed by atoms with Gasteiger partial charge < -0.3 is 157 Å². The molecule has 6 aliphatic heterocycles. The number of aliphatic hydroxyl groups excluding tert-OH is 15. The maximum absolute atomic E-state index is 14.0. The number of esters is 5. The first kappa shape index (κ1) is 93.1. The Hall–Kier alpha value is -3.73. The molecule has 6 fully saturated rings. The molecule has 0 radical (unpaired) electrons. The van der Waals surface area contributed by atoms with Crippen molar-refractivity contribution >= 4 is 29.8 Å². The molecule has 6 rings (SSSR count). The van der Waals surface area contributed by atoms with Crippen LogP contribution >= 0.6 is 0 Å². The van der Waals surface area contributed by atoms with Crippen LogP contribution in [0.1, 0.15) is 161 Å². The Balaban J connectivity index is 1.29. The minimum absolute atomic E-state index is 0.137. The van der Waals surface area contributed by atoms with Gasteiger partial charge in [0.1, 0.15) is 110 Å². The molecule has 6 heterocycles. The molecule has 0 spiro atoms. The Kier molecular flexibility index (Phi) is 37.2. The minimum atomic E-state index is -2.15. The fourth-order valence-electron chi connectivity index (χ4n) is 13.0. The van der Waals surface area contributed by atoms with Crippen LogP contribution in [0, 0.1) is 23.7 Å². The molecular formula is C71H122O37. The lowest BCUT2D eigenvalue weighted by Crippen LogP contribution is -2.68. The van der Waals surface area contributed by atoms with E-state index in [2.05, 4.69) is 4.74 Å². The molecule has 0 amide bonds. The lowest BCUT2D eigenvalue weighted by molar-refractivity contribution is -0.403. The SMILES string of the molecule is CCC[C@@H](CCCCCCC[C@H](O)CC(=O)OC)O[C@@H]1O[C@H](CO[C@@H]2O[C@@H](C)[C@H](OC(=O)[C@@H](C)[C@H](C)O)[C@@H](O)[C@H]2O)[C@@H](O)[C@H](O)[C@H]1O[C@@H]1O[C@H](CO)[C@@H](O)[C@H](O)[C@H]1O[C@@H]1O[C@@H](C)[C@H](O[C@@H]2O[C@H](C)[C@@H](OC(=O)[C@H](C)[C@@H](C)OC(=O)[C@H](C)[C@@H](C)O)[C@H](O[C@@H]3O[C@@H](C)[C@H](O)[C@@H](O)[C@H]3O)[C@H]2O)[C@@H](O)[C@H]1OC(=O)[C@@H](C)CC. The quantitative estimate of drug-likeness (QED) is 0.0168. The van der Waals surface area contributed by atoms with Crippen LogP contribution in [0.15, 0.2) is 0 Å². The lowest BCUT2D eigenvalue weighted by atomic mass is 9.95. The molecule has 0 aliphatic carbocycles. The third-order valence-electron chi connectivity index (χ3n) is 21.1. The highest BCUT2D eigenvalue weighted by Crippen LogP contribution is 2.39. The summed E-state index contributed by atoms with van der Waals surface area (Å²) in [5.74, 6) is -8.26. The van der Waals surface area contributed by atoms with Gasteiger partial charge in [0.2, 0.25) is 0 Å². The second kappa shape index (κ2) is 43.1. The van der Waals surface area contributed by atoms with Crippen molar-refractivity contribution in [3.8, 4) is 0 Å². The molecule has 37 nitrogen and oxygen atoms in total. The van der Waals surface area contributed by atoms with Crippen LogP contribution in [0.4, 0.5) is 0 Å². The van der Waals surface area contributed by atoms with Crippen molar-refractivity contribution in [3.05, 3.63) is 0 Å². The van der Waals surface area contributed by atoms with E-state index in [1.165, 1.54) is 83.3 Å². The largest absolute Gasteiger partial charge is 0.469 e. The zero-order valence-electron chi connectivity index (χ0n) is 63.9. The number of rotatable bonds is 38. The molecule has 0 aromatic carbocycles. The summed E-state index contributed by atoms with van der Waals surface area (Å²) in [6.45, 7) is 17.2. The normalized spacial score (nSPS) is 40.0. The molecule has 108 heavy (non-hydrogen) atoms. The summed E-state index contributed by atoms with van der Waals surface area (Å²) < 4.78 is 102. The van der Waals surface area contributed by atoms with E-state index in [0.717, 1.165) is 6.42 Å². The van der Waals surface area contributed by atoms with Crippen LogP contribution in [0.3, 0.4) is 0 Å². The summed E-state index contributed by atoms with van der Waals surface area (Å²) in [4.78, 5) is 65.2. The van der Waals surface area contributed by atoms with Gasteiger partial charge in [0.15, 0.2) is 56.1 Å². The van der Waals surface area contributed by atoms with Crippen LogP contribution in [0.5, 0.6) is 0 Å². The first-order valence-electron chi connectivity index (χ1n) is 37.7. The van der Waals surface area contributed by atoms with E-state index in [4.69, 9.17) is 75.8 Å². The molecule has 39 atom stereocenters. The standard InChI is InChI=1S/C71H122O37/c1-15-22-40(24-21-19-17-18-20-23-39(75)25-43(76)92-14)99-70-59(49(82)46(79)42(101-70)27-93-66-52(85)50(83)55(36(11)96-66)102-64(90)30(5)33(8)74)108-71-60(48(81)45(78)41(26-72)100-71)107-69-61(104-62(88)28(3)16-2)53(86)56(37(12)98-69)105-68-54(87)58(106-67-51(84)47(80)44(77)35(10)95-67)57(38(13)97-68)103-65(91)31(6)34(9)94-63(89)29(4)32(7)73/h28-42,44-61,66-75,77-87H,15-27H2,1-14H3/t28-,29+,30-,31+,32+,33-,34+,35-,36-,37-,38+,39-,40-,41+,42+,44-,45+,46+,47+,48-,49-,50-,51+,52+,53+,54+,55-,56-,57+,58+,59+,60+,61+,66+,67-,68-,69-,70+,71-/m0/s1. The van der Waals surface area contributed by atoms with Crippen LogP contribution in [-0.4, -0.2) is 342 Å². The molecule has 0 aromatic rings. The summed E-state index contributed by atoms with van der Waals surface area (Å²) in [5.41, 5.74) is 0. The number of carbonyl (C=O) groups is 5. The number of methoxy groups -OCH3 is 1. The molecule has 6 aliphatic rings. The predicted octanol–water partition coefficient (Wildman–Crippen LogP) is -2.84. The van der Waals surface area contributed by atoms with Crippen molar-refractivity contribution in [3.63, 3.8) is 0 Å². The average Bonchev–Trinajstić information content (AvgIpc) is 0.770. The maximum Gasteiger partial charge on any atom is 0.312 e. The summed E-state index contributed by atoms with van der Waals surface area (Å²) in [7, 11) is 1.24. The molecule has 0 saturated carbocycles. The van der Waals surface area contributed by atoms with Crippen molar-refractivity contribution < 1.29 is 181 Å². The number of ether oxygens (including phenoxy) is 17. The van der Waals surface area contributed by atoms with E-state index in [1.807, 2.05) is 6.92 Å². The zero-order valence-corrected chi connectivity index (χ0v) is 63.9. The van der Waals surface area contributed by atoms with Crippen LogP contribution in [0.2, 0.25) is 0 Å². The number of carbonyl (C=O) groups excluding carboxylic acids is 5. The summed E-state index contributed by atoms with van der Waals surface area (Å²) >= 11 is 0. The van der Waals surface area contributed by atoms with Gasteiger partial charge in [-0.3, -0.25) is 24.0 Å². The third kappa shape index (κ3) is 24.2. The highest BCUT2D eigenvalue weighted by Gasteiger charge is 2.59. The smallest absolute Gasteiger partial charge is 0.312 e. The van der Waals surface area contributed by atoms with E-state index < -0.39 is 281 Å². The number of hydrogen-bond donors (Lipinski definition) is 15. The monoisotopic (exact) mass is 1570 g/mol. The van der Waals surface area contributed by atoms with E-state index in [9.17, 15) is 101 Å². The van der Waals surface area contributed by atoms with E-state index in [1.54, 1.807) is 6.92 Å². The molecule has 628 valence electrons. The second-order valence-electron chi connectivity index (χ2n) is 29.6. The Morgan fingerprint density at radius 2 is 0.870 bits per heavy atom. The molecular weight excluding hydrogens is 1440 g/mol. The van der Waals surface area contributed by atoms with Gasteiger partial charge in [-0.05, 0) is 94.9 Å². The molecule has 0 aromatic heterocycles. The summed E-state index contributed by atoms with van der Waals surface area (Å²) in [6, 6.07) is 0. The Morgan fingerprint density at radius 1 is 0.407 bits per heavy atom. The molecule has 6 saturated heterocycles. The topological polar surface area (TPSA) is 546 Å². The Morgan fingerprint density at radius 3 is 1.47 bits per heavy atom. The number of hydrogen-bond acceptors (Lipinski definition) is 37. The van der Waals surface area contributed by atoms with Gasteiger partial charge >= 0.3 is 29.8 Å². The Labute approximate surface area is 628 Å². The summed E-state index contributed by atoms with van der Waals surface area (Å²) in [5, 5.41) is 169. The van der Waals surface area contributed by atoms with Crippen LogP contribution < -0.4 is 0 Å². The zero-order chi connectivity index (χ0) is 80.6.